The maximum absolute atomic E-state index is 12.1. The molecule has 20 heavy (non-hydrogen) atoms. The van der Waals surface area contributed by atoms with Gasteiger partial charge in [-0.3, -0.25) is 9.59 Å². The Morgan fingerprint density at radius 1 is 1.15 bits per heavy atom. The van der Waals surface area contributed by atoms with E-state index in [9.17, 15) is 9.59 Å². The molecule has 0 spiro atoms. The van der Waals surface area contributed by atoms with Crippen molar-refractivity contribution in [3.63, 3.8) is 0 Å². The van der Waals surface area contributed by atoms with Crippen LogP contribution in [0.5, 0.6) is 0 Å². The molecule has 2 rings (SSSR count). The molecule has 2 aromatic rings. The third-order valence-electron chi connectivity index (χ3n) is 3.05. The number of hydrogen-bond acceptors (Lipinski definition) is 4. The Hall–Kier alpha value is -1.81. The Morgan fingerprint density at radius 2 is 1.85 bits per heavy atom. The van der Waals surface area contributed by atoms with E-state index in [4.69, 9.17) is 0 Å². The average Bonchev–Trinajstić information content (AvgIpc) is 2.50. The number of ether oxygens (including phenoxy) is 1. The van der Waals surface area contributed by atoms with Crippen molar-refractivity contribution in [3.8, 4) is 0 Å². The van der Waals surface area contributed by atoms with Gasteiger partial charge in [0.15, 0.2) is 0 Å². The van der Waals surface area contributed by atoms with Crippen molar-refractivity contribution in [2.24, 2.45) is 5.92 Å². The summed E-state index contributed by atoms with van der Waals surface area (Å²) in [4.78, 5) is 23.4. The maximum atomic E-state index is 12.1. The van der Waals surface area contributed by atoms with Crippen LogP contribution in [0, 0.1) is 5.92 Å². The lowest BCUT2D eigenvalue weighted by atomic mass is 10.1. The second-order valence-corrected chi connectivity index (χ2v) is 5.58. The quantitative estimate of drug-likeness (QED) is 0.807. The van der Waals surface area contributed by atoms with E-state index in [1.54, 1.807) is 6.92 Å². The first-order valence-corrected chi connectivity index (χ1v) is 7.34. The largest absolute Gasteiger partial charge is 0.469 e. The number of fused-ring (bicyclic) bond motifs is 1. The molecule has 2 aromatic carbocycles. The van der Waals surface area contributed by atoms with Crippen LogP contribution in [0.3, 0.4) is 0 Å². The Kier molecular flexibility index (Phi) is 4.79. The number of hydrogen-bond donors (Lipinski definition) is 0. The second-order valence-electron chi connectivity index (χ2n) is 4.58. The van der Waals surface area contributed by atoms with Crippen LogP contribution in [0.15, 0.2) is 42.5 Å². The van der Waals surface area contributed by atoms with Crippen LogP contribution < -0.4 is 0 Å². The van der Waals surface area contributed by atoms with Crippen LogP contribution in [0.4, 0.5) is 0 Å². The SMILES string of the molecule is COC(=O)[C@@H](C)CSC(=O)c1ccc2ccccc2c1. The number of rotatable bonds is 4. The van der Waals surface area contributed by atoms with E-state index in [2.05, 4.69) is 4.74 Å². The fraction of sp³-hybridized carbons (Fsp3) is 0.250. The lowest BCUT2D eigenvalue weighted by Gasteiger charge is -2.08. The van der Waals surface area contributed by atoms with Gasteiger partial charge in [-0.05, 0) is 22.9 Å². The summed E-state index contributed by atoms with van der Waals surface area (Å²) in [5.41, 5.74) is 0.658. The van der Waals surface area contributed by atoms with E-state index in [-0.39, 0.29) is 17.0 Å². The molecular formula is C16H16O3S. The fourth-order valence-electron chi connectivity index (χ4n) is 1.87. The minimum atomic E-state index is -0.288. The number of thioether (sulfide) groups is 1. The standard InChI is InChI=1S/C16H16O3S/c1-11(15(17)19-2)10-20-16(18)14-8-7-12-5-3-4-6-13(12)9-14/h3-9,11H,10H2,1-2H3/t11-/m0/s1. The van der Waals surface area contributed by atoms with Gasteiger partial charge in [0, 0.05) is 11.3 Å². The van der Waals surface area contributed by atoms with E-state index in [0.717, 1.165) is 22.5 Å². The summed E-state index contributed by atoms with van der Waals surface area (Å²) in [5.74, 6) is -0.142. The maximum Gasteiger partial charge on any atom is 0.309 e. The Balaban J connectivity index is 2.06. The lowest BCUT2D eigenvalue weighted by molar-refractivity contribution is -0.143. The van der Waals surface area contributed by atoms with Crippen molar-refractivity contribution in [3.05, 3.63) is 48.0 Å². The van der Waals surface area contributed by atoms with Crippen LogP contribution in [0.1, 0.15) is 17.3 Å². The van der Waals surface area contributed by atoms with Gasteiger partial charge in [0.05, 0.1) is 13.0 Å². The van der Waals surface area contributed by atoms with Gasteiger partial charge < -0.3 is 4.74 Å². The van der Waals surface area contributed by atoms with E-state index in [0.29, 0.717) is 11.3 Å². The van der Waals surface area contributed by atoms with E-state index in [1.165, 1.54) is 7.11 Å². The third kappa shape index (κ3) is 3.39. The monoisotopic (exact) mass is 288 g/mol. The second kappa shape index (κ2) is 6.57. The number of methoxy groups -OCH3 is 1. The predicted molar refractivity (Wildman–Crippen MR) is 81.9 cm³/mol. The van der Waals surface area contributed by atoms with Crippen LogP contribution >= 0.6 is 11.8 Å². The number of carbonyl (C=O) groups is 2. The molecule has 1 atom stereocenters. The van der Waals surface area contributed by atoms with Crippen molar-refractivity contribution in [1.29, 1.82) is 0 Å². The molecule has 0 aromatic heterocycles. The van der Waals surface area contributed by atoms with E-state index < -0.39 is 0 Å². The van der Waals surface area contributed by atoms with Crippen LogP contribution in [0.25, 0.3) is 10.8 Å². The van der Waals surface area contributed by atoms with E-state index in [1.807, 2.05) is 42.5 Å². The Labute approximate surface area is 122 Å². The molecule has 0 radical (unpaired) electrons. The number of benzene rings is 2. The molecule has 0 bridgehead atoms. The van der Waals surface area contributed by atoms with Crippen molar-refractivity contribution in [2.75, 3.05) is 12.9 Å². The zero-order chi connectivity index (χ0) is 14.5. The summed E-state index contributed by atoms with van der Waals surface area (Å²) in [6, 6.07) is 13.5. The highest BCUT2D eigenvalue weighted by Crippen LogP contribution is 2.21. The highest BCUT2D eigenvalue weighted by molar-refractivity contribution is 8.14. The molecule has 0 unspecified atom stereocenters. The normalized spacial score (nSPS) is 12.1. The molecule has 3 nitrogen and oxygen atoms in total. The first kappa shape index (κ1) is 14.6. The first-order valence-electron chi connectivity index (χ1n) is 6.35. The zero-order valence-electron chi connectivity index (χ0n) is 11.5. The molecule has 0 aliphatic heterocycles. The highest BCUT2D eigenvalue weighted by Gasteiger charge is 2.16. The van der Waals surface area contributed by atoms with Crippen molar-refractivity contribution in [2.45, 2.75) is 6.92 Å². The molecule has 0 N–H and O–H groups in total. The van der Waals surface area contributed by atoms with Gasteiger partial charge >= 0.3 is 5.97 Å². The van der Waals surface area contributed by atoms with Crippen LogP contribution in [0.2, 0.25) is 0 Å². The van der Waals surface area contributed by atoms with Crippen LogP contribution in [-0.4, -0.2) is 23.9 Å². The van der Waals surface area contributed by atoms with Gasteiger partial charge in [0.2, 0.25) is 5.12 Å². The lowest BCUT2D eigenvalue weighted by Crippen LogP contribution is -2.15. The van der Waals surface area contributed by atoms with Gasteiger partial charge in [-0.25, -0.2) is 0 Å². The fourth-order valence-corrected chi connectivity index (χ4v) is 2.70. The minimum absolute atomic E-state index is 0.0218. The van der Waals surface area contributed by atoms with E-state index >= 15 is 0 Å². The van der Waals surface area contributed by atoms with Gasteiger partial charge in [0.25, 0.3) is 0 Å². The van der Waals surface area contributed by atoms with Gasteiger partial charge in [-0.2, -0.15) is 0 Å². The smallest absolute Gasteiger partial charge is 0.309 e. The number of esters is 1. The van der Waals surface area contributed by atoms with Crippen molar-refractivity contribution < 1.29 is 14.3 Å². The summed E-state index contributed by atoms with van der Waals surface area (Å²) in [6.45, 7) is 1.76. The Morgan fingerprint density at radius 3 is 2.55 bits per heavy atom. The summed E-state index contributed by atoms with van der Waals surface area (Å²) in [7, 11) is 1.36. The summed E-state index contributed by atoms with van der Waals surface area (Å²) >= 11 is 1.15. The molecule has 0 saturated carbocycles. The van der Waals surface area contributed by atoms with Gasteiger partial charge in [-0.1, -0.05) is 49.0 Å². The molecule has 0 heterocycles. The third-order valence-corrected chi connectivity index (χ3v) is 4.22. The topological polar surface area (TPSA) is 43.4 Å². The molecule has 0 fully saturated rings. The summed E-state index contributed by atoms with van der Waals surface area (Å²) < 4.78 is 4.64. The summed E-state index contributed by atoms with van der Waals surface area (Å²) in [6.07, 6.45) is 0. The first-order chi connectivity index (χ1) is 9.61. The molecular weight excluding hydrogens is 272 g/mol. The molecule has 0 aliphatic rings. The average molecular weight is 288 g/mol. The molecule has 4 heteroatoms. The highest BCUT2D eigenvalue weighted by atomic mass is 32.2. The molecule has 104 valence electrons. The summed E-state index contributed by atoms with van der Waals surface area (Å²) in [5, 5.41) is 2.13. The van der Waals surface area contributed by atoms with Crippen molar-refractivity contribution >= 4 is 33.6 Å². The van der Waals surface area contributed by atoms with Crippen LogP contribution in [-0.2, 0) is 9.53 Å². The minimum Gasteiger partial charge on any atom is -0.469 e. The molecule has 0 amide bonds. The van der Waals surface area contributed by atoms with Gasteiger partial charge in [0.1, 0.15) is 0 Å². The molecule has 0 saturated heterocycles. The number of carbonyl (C=O) groups excluding carboxylic acids is 2. The van der Waals surface area contributed by atoms with Gasteiger partial charge in [-0.15, -0.1) is 0 Å². The predicted octanol–water partition coefficient (Wildman–Crippen LogP) is 3.52. The zero-order valence-corrected chi connectivity index (χ0v) is 12.3. The van der Waals surface area contributed by atoms with Crippen molar-refractivity contribution in [1.82, 2.24) is 0 Å². The molecule has 0 aliphatic carbocycles. The Bertz CT molecular complexity index is 636.